The quantitative estimate of drug-likeness (QED) is 0.781. The maximum Gasteiger partial charge on any atom is 0.0960 e. The number of aromatic nitrogens is 5. The molecule has 5 nitrogen and oxygen atoms in total. The normalized spacial score (nSPS) is 12.9. The van der Waals surface area contributed by atoms with Gasteiger partial charge in [0.2, 0.25) is 0 Å². The lowest BCUT2D eigenvalue weighted by Crippen LogP contribution is -2.08. The molecule has 0 amide bonds. The Bertz CT molecular complexity index is 560. The van der Waals surface area contributed by atoms with E-state index in [0.717, 1.165) is 35.1 Å². The summed E-state index contributed by atoms with van der Waals surface area (Å²) in [5.74, 6) is 0. The summed E-state index contributed by atoms with van der Waals surface area (Å²) in [6.45, 7) is 7.52. The van der Waals surface area contributed by atoms with Crippen molar-refractivity contribution in [1.82, 2.24) is 24.8 Å². The summed E-state index contributed by atoms with van der Waals surface area (Å²) < 4.78 is 3.72. The fourth-order valence-corrected chi connectivity index (χ4v) is 2.43. The van der Waals surface area contributed by atoms with Gasteiger partial charge in [-0.3, -0.25) is 4.68 Å². The Morgan fingerprint density at radius 2 is 2.16 bits per heavy atom. The average molecular weight is 347 g/mol. The van der Waals surface area contributed by atoms with Crippen molar-refractivity contribution in [3.05, 3.63) is 28.3 Å². The first-order valence-corrected chi connectivity index (χ1v) is 7.64. The summed E-state index contributed by atoms with van der Waals surface area (Å²) in [6, 6.07) is 0. The highest BCUT2D eigenvalue weighted by Gasteiger charge is 2.15. The minimum Gasteiger partial charge on any atom is -0.266 e. The predicted molar refractivity (Wildman–Crippen MR) is 78.8 cm³/mol. The van der Waals surface area contributed by atoms with Crippen LogP contribution in [0.5, 0.6) is 0 Å². The summed E-state index contributed by atoms with van der Waals surface area (Å²) in [5, 5.41) is 13.5. The van der Waals surface area contributed by atoms with Gasteiger partial charge in [0.25, 0.3) is 0 Å². The fraction of sp³-hybridized carbons (Fsp3) is 0.583. The minimum atomic E-state index is 0.194. The van der Waals surface area contributed by atoms with E-state index in [9.17, 15) is 0 Å². The van der Waals surface area contributed by atoms with Crippen LogP contribution in [0.15, 0.2) is 6.20 Å². The first-order chi connectivity index (χ1) is 9.06. The van der Waals surface area contributed by atoms with Crippen LogP contribution in [0.1, 0.15) is 42.7 Å². The Morgan fingerprint density at radius 3 is 2.68 bits per heavy atom. The second kappa shape index (κ2) is 6.05. The Hall–Kier alpha value is -0.880. The van der Waals surface area contributed by atoms with Gasteiger partial charge in [0, 0.05) is 6.54 Å². The standard InChI is InChI=1S/C12H17BrClN5/c1-4-9-12(14)11(19(5-2)16-9)7-18-6-10(8(3)13)15-17-18/h6,8H,4-5,7H2,1-3H3. The average Bonchev–Trinajstić information content (AvgIpc) is 2.96. The summed E-state index contributed by atoms with van der Waals surface area (Å²) in [7, 11) is 0. The van der Waals surface area contributed by atoms with Crippen molar-refractivity contribution in [2.45, 2.75) is 45.1 Å². The highest BCUT2D eigenvalue weighted by molar-refractivity contribution is 9.09. The molecule has 2 rings (SSSR count). The molecule has 0 aliphatic heterocycles. The van der Waals surface area contributed by atoms with E-state index in [1.54, 1.807) is 4.68 Å². The largest absolute Gasteiger partial charge is 0.266 e. The lowest BCUT2D eigenvalue weighted by molar-refractivity contribution is 0.564. The van der Waals surface area contributed by atoms with E-state index in [0.29, 0.717) is 6.54 Å². The van der Waals surface area contributed by atoms with Gasteiger partial charge >= 0.3 is 0 Å². The van der Waals surface area contributed by atoms with Gasteiger partial charge in [-0.2, -0.15) is 5.10 Å². The van der Waals surface area contributed by atoms with Crippen LogP contribution in [-0.4, -0.2) is 24.8 Å². The van der Waals surface area contributed by atoms with Crippen LogP contribution in [0.2, 0.25) is 5.02 Å². The van der Waals surface area contributed by atoms with E-state index in [1.807, 2.05) is 17.8 Å². The predicted octanol–water partition coefficient (Wildman–Crippen LogP) is 3.21. The second-order valence-corrected chi connectivity index (χ2v) is 6.09. The Balaban J connectivity index is 2.29. The van der Waals surface area contributed by atoms with Crippen molar-refractivity contribution < 1.29 is 0 Å². The SMILES string of the molecule is CCc1nn(CC)c(Cn2cc(C(C)Br)nn2)c1Cl. The number of hydrogen-bond acceptors (Lipinski definition) is 3. The first-order valence-electron chi connectivity index (χ1n) is 6.34. The lowest BCUT2D eigenvalue weighted by atomic mass is 10.3. The molecular weight excluding hydrogens is 330 g/mol. The Morgan fingerprint density at radius 1 is 1.42 bits per heavy atom. The molecule has 0 spiro atoms. The van der Waals surface area contributed by atoms with Crippen molar-refractivity contribution in [3.63, 3.8) is 0 Å². The molecule has 0 bridgehead atoms. The van der Waals surface area contributed by atoms with Crippen molar-refractivity contribution in [2.24, 2.45) is 0 Å². The van der Waals surface area contributed by atoms with Crippen molar-refractivity contribution >= 4 is 27.5 Å². The maximum absolute atomic E-state index is 6.37. The molecule has 7 heteroatoms. The number of halogens is 2. The van der Waals surface area contributed by atoms with Crippen LogP contribution in [0, 0.1) is 0 Å². The Labute approximate surface area is 126 Å². The lowest BCUT2D eigenvalue weighted by Gasteiger charge is -2.04. The van der Waals surface area contributed by atoms with E-state index in [2.05, 4.69) is 45.2 Å². The van der Waals surface area contributed by atoms with Gasteiger partial charge in [0.15, 0.2) is 0 Å². The van der Waals surface area contributed by atoms with Crippen molar-refractivity contribution in [3.8, 4) is 0 Å². The molecule has 0 fully saturated rings. The monoisotopic (exact) mass is 345 g/mol. The molecule has 0 aliphatic carbocycles. The molecule has 0 radical (unpaired) electrons. The van der Waals surface area contributed by atoms with Crippen LogP contribution >= 0.6 is 27.5 Å². The molecular formula is C12H17BrClN5. The molecule has 104 valence electrons. The first kappa shape index (κ1) is 14.5. The van der Waals surface area contributed by atoms with Gasteiger partial charge in [-0.25, -0.2) is 4.68 Å². The van der Waals surface area contributed by atoms with E-state index < -0.39 is 0 Å². The molecule has 0 N–H and O–H groups in total. The number of rotatable bonds is 5. The van der Waals surface area contributed by atoms with Gasteiger partial charge in [0.05, 0.1) is 39.7 Å². The van der Waals surface area contributed by atoms with E-state index in [4.69, 9.17) is 11.6 Å². The number of alkyl halides is 1. The van der Waals surface area contributed by atoms with Gasteiger partial charge in [0.1, 0.15) is 0 Å². The van der Waals surface area contributed by atoms with Gasteiger partial charge in [-0.05, 0) is 20.3 Å². The molecule has 19 heavy (non-hydrogen) atoms. The molecule has 0 saturated carbocycles. The third-order valence-electron chi connectivity index (χ3n) is 2.97. The van der Waals surface area contributed by atoms with E-state index in [1.165, 1.54) is 0 Å². The molecule has 0 saturated heterocycles. The Kier molecular flexibility index (Phi) is 4.62. The third kappa shape index (κ3) is 3.00. The molecule has 2 aromatic heterocycles. The summed E-state index contributed by atoms with van der Waals surface area (Å²) in [4.78, 5) is 0.194. The zero-order valence-corrected chi connectivity index (χ0v) is 13.6. The highest BCUT2D eigenvalue weighted by atomic mass is 79.9. The van der Waals surface area contributed by atoms with Gasteiger partial charge in [-0.1, -0.05) is 39.7 Å². The van der Waals surface area contributed by atoms with Crippen molar-refractivity contribution in [1.29, 1.82) is 0 Å². The summed E-state index contributed by atoms with van der Waals surface area (Å²) in [6.07, 6.45) is 2.76. The summed E-state index contributed by atoms with van der Waals surface area (Å²) in [5.41, 5.74) is 2.84. The van der Waals surface area contributed by atoms with Gasteiger partial charge < -0.3 is 0 Å². The van der Waals surface area contributed by atoms with Crippen LogP contribution in [-0.2, 0) is 19.5 Å². The topological polar surface area (TPSA) is 48.5 Å². The zero-order chi connectivity index (χ0) is 14.0. The number of aryl methyl sites for hydroxylation is 2. The highest BCUT2D eigenvalue weighted by Crippen LogP contribution is 2.23. The van der Waals surface area contributed by atoms with Crippen LogP contribution < -0.4 is 0 Å². The van der Waals surface area contributed by atoms with Crippen LogP contribution in [0.25, 0.3) is 0 Å². The number of nitrogens with zero attached hydrogens (tertiary/aromatic N) is 5. The van der Waals surface area contributed by atoms with E-state index >= 15 is 0 Å². The minimum absolute atomic E-state index is 0.194. The molecule has 2 heterocycles. The molecule has 0 aliphatic rings. The summed E-state index contributed by atoms with van der Waals surface area (Å²) >= 11 is 9.85. The number of hydrogen-bond donors (Lipinski definition) is 0. The maximum atomic E-state index is 6.37. The fourth-order valence-electron chi connectivity index (χ4n) is 1.89. The third-order valence-corrected chi connectivity index (χ3v) is 3.88. The van der Waals surface area contributed by atoms with Crippen LogP contribution in [0.4, 0.5) is 0 Å². The smallest absolute Gasteiger partial charge is 0.0960 e. The molecule has 0 aromatic carbocycles. The van der Waals surface area contributed by atoms with Crippen LogP contribution in [0.3, 0.4) is 0 Å². The van der Waals surface area contributed by atoms with Crippen molar-refractivity contribution in [2.75, 3.05) is 0 Å². The van der Waals surface area contributed by atoms with E-state index in [-0.39, 0.29) is 4.83 Å². The second-order valence-electron chi connectivity index (χ2n) is 4.33. The molecule has 1 unspecified atom stereocenters. The molecule has 1 atom stereocenters. The molecule has 2 aromatic rings. The zero-order valence-electron chi connectivity index (χ0n) is 11.3. The van der Waals surface area contributed by atoms with Gasteiger partial charge in [-0.15, -0.1) is 5.10 Å².